The number of Topliss-reactive ketones (excluding diaryl/α,β-unsaturated/α-hetero) is 1. The number of hydrogen-bond acceptors (Lipinski definition) is 7. The lowest BCUT2D eigenvalue weighted by molar-refractivity contribution is -0.140. The topological polar surface area (TPSA) is 88.5 Å². The van der Waals surface area contributed by atoms with Gasteiger partial charge in [0.1, 0.15) is 11.5 Å². The standard InChI is InChI=1S/C28H36N2O6/c1-7-29(8-2)14-15-30-25(19-10-13-22(36-9-3)23(17-19)35-6)24(27(32)28(30)33)26(31)21-12-11-20(34-5)16-18(21)4/h10-13,16-17,25,31H,7-9,14-15H2,1-6H3/b26-24+. The zero-order valence-corrected chi connectivity index (χ0v) is 22.0. The van der Waals surface area contributed by atoms with Crippen molar-refractivity contribution in [3.8, 4) is 17.2 Å². The molecule has 8 nitrogen and oxygen atoms in total. The molecule has 1 unspecified atom stereocenters. The third kappa shape index (κ3) is 5.33. The van der Waals surface area contributed by atoms with Crippen LogP contribution in [0.4, 0.5) is 0 Å². The lowest BCUT2D eigenvalue weighted by atomic mass is 9.93. The van der Waals surface area contributed by atoms with Gasteiger partial charge in [0.2, 0.25) is 0 Å². The van der Waals surface area contributed by atoms with Crippen LogP contribution in [0.25, 0.3) is 5.76 Å². The number of aliphatic hydroxyl groups is 1. The largest absolute Gasteiger partial charge is 0.507 e. The van der Waals surface area contributed by atoms with Crippen LogP contribution < -0.4 is 14.2 Å². The predicted molar refractivity (Wildman–Crippen MR) is 139 cm³/mol. The summed E-state index contributed by atoms with van der Waals surface area (Å²) < 4.78 is 16.5. The molecule has 0 bridgehead atoms. The lowest BCUT2D eigenvalue weighted by Gasteiger charge is -2.28. The summed E-state index contributed by atoms with van der Waals surface area (Å²) in [4.78, 5) is 30.3. The smallest absolute Gasteiger partial charge is 0.295 e. The highest BCUT2D eigenvalue weighted by Gasteiger charge is 2.46. The second-order valence-corrected chi connectivity index (χ2v) is 8.54. The number of ketones is 1. The van der Waals surface area contributed by atoms with Crippen LogP contribution in [0, 0.1) is 6.92 Å². The zero-order chi connectivity index (χ0) is 26.4. The normalized spacial score (nSPS) is 17.1. The fourth-order valence-electron chi connectivity index (χ4n) is 4.55. The van der Waals surface area contributed by atoms with Gasteiger partial charge in [0.05, 0.1) is 32.4 Å². The molecular weight excluding hydrogens is 460 g/mol. The molecule has 0 saturated carbocycles. The summed E-state index contributed by atoms with van der Waals surface area (Å²) in [7, 11) is 3.11. The van der Waals surface area contributed by atoms with Gasteiger partial charge in [-0.2, -0.15) is 0 Å². The van der Waals surface area contributed by atoms with Crippen molar-refractivity contribution in [2.45, 2.75) is 33.7 Å². The van der Waals surface area contributed by atoms with Crippen molar-refractivity contribution in [3.05, 3.63) is 58.7 Å². The number of aliphatic hydroxyl groups excluding tert-OH is 1. The number of likely N-dealkylation sites (N-methyl/N-ethyl adjacent to an activating group) is 1. The number of carbonyl (C=O) groups excluding carboxylic acids is 2. The van der Waals surface area contributed by atoms with Crippen molar-refractivity contribution in [2.75, 3.05) is 47.0 Å². The summed E-state index contributed by atoms with van der Waals surface area (Å²) in [6.07, 6.45) is 0. The minimum absolute atomic E-state index is 0.0547. The molecule has 2 aromatic rings. The van der Waals surface area contributed by atoms with Crippen LogP contribution in [-0.4, -0.2) is 73.6 Å². The van der Waals surface area contributed by atoms with Gasteiger partial charge in [-0.1, -0.05) is 19.9 Å². The molecule has 3 rings (SSSR count). The van der Waals surface area contributed by atoms with Gasteiger partial charge in [-0.25, -0.2) is 0 Å². The minimum atomic E-state index is -0.772. The molecule has 0 aromatic heterocycles. The maximum atomic E-state index is 13.4. The Morgan fingerprint density at radius 2 is 1.72 bits per heavy atom. The van der Waals surface area contributed by atoms with Crippen molar-refractivity contribution in [1.82, 2.24) is 9.80 Å². The first-order valence-corrected chi connectivity index (χ1v) is 12.3. The van der Waals surface area contributed by atoms with Gasteiger partial charge in [-0.3, -0.25) is 9.59 Å². The van der Waals surface area contributed by atoms with E-state index in [9.17, 15) is 14.7 Å². The molecule has 1 heterocycles. The SMILES string of the molecule is CCOc1ccc(C2/C(=C(\O)c3ccc(OC)cc3C)C(=O)C(=O)N2CCN(CC)CC)cc1OC. The van der Waals surface area contributed by atoms with E-state index in [0.29, 0.717) is 48.1 Å². The molecule has 194 valence electrons. The van der Waals surface area contributed by atoms with E-state index >= 15 is 0 Å². The number of aryl methyl sites for hydroxylation is 1. The lowest BCUT2D eigenvalue weighted by Crippen LogP contribution is -2.38. The van der Waals surface area contributed by atoms with E-state index in [2.05, 4.69) is 18.7 Å². The number of rotatable bonds is 11. The first kappa shape index (κ1) is 27.1. The maximum absolute atomic E-state index is 13.4. The molecular formula is C28H36N2O6. The minimum Gasteiger partial charge on any atom is -0.507 e. The number of likely N-dealkylation sites (tertiary alicyclic amines) is 1. The Hall–Kier alpha value is -3.52. The summed E-state index contributed by atoms with van der Waals surface area (Å²) in [6, 6.07) is 9.76. The molecule has 0 spiro atoms. The van der Waals surface area contributed by atoms with E-state index in [-0.39, 0.29) is 11.3 Å². The van der Waals surface area contributed by atoms with Gasteiger partial charge in [0.15, 0.2) is 11.5 Å². The summed E-state index contributed by atoms with van der Waals surface area (Å²) in [6.45, 7) is 10.9. The first-order chi connectivity index (χ1) is 17.3. The van der Waals surface area contributed by atoms with Crippen molar-refractivity contribution in [1.29, 1.82) is 0 Å². The molecule has 1 atom stereocenters. The molecule has 36 heavy (non-hydrogen) atoms. The summed E-state index contributed by atoms with van der Waals surface area (Å²) in [5, 5.41) is 11.4. The highest BCUT2D eigenvalue weighted by Crippen LogP contribution is 2.42. The maximum Gasteiger partial charge on any atom is 0.295 e. The van der Waals surface area contributed by atoms with E-state index in [0.717, 1.165) is 18.7 Å². The van der Waals surface area contributed by atoms with Gasteiger partial charge < -0.3 is 29.1 Å². The Bertz CT molecular complexity index is 1140. The highest BCUT2D eigenvalue weighted by atomic mass is 16.5. The van der Waals surface area contributed by atoms with Crippen LogP contribution in [0.1, 0.15) is 43.5 Å². The highest BCUT2D eigenvalue weighted by molar-refractivity contribution is 6.46. The Kier molecular flexibility index (Phi) is 8.98. The van der Waals surface area contributed by atoms with Crippen LogP contribution in [0.5, 0.6) is 17.2 Å². The Labute approximate surface area is 213 Å². The van der Waals surface area contributed by atoms with Crippen molar-refractivity contribution >= 4 is 17.4 Å². The molecule has 0 aliphatic carbocycles. The number of amides is 1. The van der Waals surface area contributed by atoms with Gasteiger partial charge in [-0.05, 0) is 68.4 Å². The van der Waals surface area contributed by atoms with E-state index in [4.69, 9.17) is 14.2 Å². The number of methoxy groups -OCH3 is 2. The molecule has 8 heteroatoms. The molecule has 1 aliphatic heterocycles. The second kappa shape index (κ2) is 11.9. The van der Waals surface area contributed by atoms with Crippen molar-refractivity contribution in [3.63, 3.8) is 0 Å². The van der Waals surface area contributed by atoms with Crippen molar-refractivity contribution in [2.24, 2.45) is 0 Å². The quantitative estimate of drug-likeness (QED) is 0.284. The summed E-state index contributed by atoms with van der Waals surface area (Å²) >= 11 is 0. The number of hydrogen-bond donors (Lipinski definition) is 1. The van der Waals surface area contributed by atoms with E-state index in [1.807, 2.05) is 19.9 Å². The van der Waals surface area contributed by atoms with Crippen LogP contribution in [0.2, 0.25) is 0 Å². The molecule has 1 aliphatic rings. The average Bonchev–Trinajstić information content (AvgIpc) is 3.14. The fourth-order valence-corrected chi connectivity index (χ4v) is 4.55. The van der Waals surface area contributed by atoms with Crippen LogP contribution in [0.15, 0.2) is 42.0 Å². The number of nitrogens with zero attached hydrogens (tertiary/aromatic N) is 2. The van der Waals surface area contributed by atoms with E-state index in [1.165, 1.54) is 0 Å². The summed E-state index contributed by atoms with van der Waals surface area (Å²) in [5.74, 6) is 0.139. The van der Waals surface area contributed by atoms with E-state index in [1.54, 1.807) is 49.5 Å². The van der Waals surface area contributed by atoms with Gasteiger partial charge in [0.25, 0.3) is 11.7 Å². The Morgan fingerprint density at radius 1 is 1.00 bits per heavy atom. The van der Waals surface area contributed by atoms with Gasteiger partial charge in [0, 0.05) is 18.7 Å². The second-order valence-electron chi connectivity index (χ2n) is 8.54. The monoisotopic (exact) mass is 496 g/mol. The molecule has 1 amide bonds. The van der Waals surface area contributed by atoms with E-state index < -0.39 is 17.7 Å². The van der Waals surface area contributed by atoms with Crippen LogP contribution >= 0.6 is 0 Å². The molecule has 0 radical (unpaired) electrons. The molecule has 1 fully saturated rings. The Morgan fingerprint density at radius 3 is 2.31 bits per heavy atom. The number of carbonyl (C=O) groups is 2. The Balaban J connectivity index is 2.17. The predicted octanol–water partition coefficient (Wildman–Crippen LogP) is 4.17. The average molecular weight is 497 g/mol. The fraction of sp³-hybridized carbons (Fsp3) is 0.429. The summed E-state index contributed by atoms with van der Waals surface area (Å²) in [5.41, 5.74) is 1.91. The van der Waals surface area contributed by atoms with Crippen LogP contribution in [0.3, 0.4) is 0 Å². The molecule has 2 aromatic carbocycles. The number of ether oxygens (including phenoxy) is 3. The third-order valence-electron chi connectivity index (χ3n) is 6.58. The first-order valence-electron chi connectivity index (χ1n) is 12.3. The molecule has 1 saturated heterocycles. The van der Waals surface area contributed by atoms with Crippen molar-refractivity contribution < 1.29 is 28.9 Å². The molecule has 1 N–H and O–H groups in total. The third-order valence-corrected chi connectivity index (χ3v) is 6.58. The van der Waals surface area contributed by atoms with Gasteiger partial charge in [-0.15, -0.1) is 0 Å². The van der Waals surface area contributed by atoms with Crippen LogP contribution in [-0.2, 0) is 9.59 Å². The van der Waals surface area contributed by atoms with Gasteiger partial charge >= 0.3 is 0 Å². The zero-order valence-electron chi connectivity index (χ0n) is 22.0. The number of benzene rings is 2.